The molecule has 0 aromatic heterocycles. The van der Waals surface area contributed by atoms with E-state index in [1.165, 1.54) is 0 Å². The molecule has 0 saturated carbocycles. The van der Waals surface area contributed by atoms with Crippen LogP contribution in [0.5, 0.6) is 5.75 Å². The molecule has 0 saturated heterocycles. The highest BCUT2D eigenvalue weighted by atomic mass is 16.5. The molecule has 6 heteroatoms. The molecule has 2 rings (SSSR count). The van der Waals surface area contributed by atoms with E-state index in [0.29, 0.717) is 22.6 Å². The van der Waals surface area contributed by atoms with E-state index in [-0.39, 0.29) is 5.96 Å². The second-order valence-corrected chi connectivity index (χ2v) is 4.18. The normalized spacial score (nSPS) is 9.48. The molecular formula is C15H13N4O2+. The molecule has 0 amide bonds. The zero-order valence-corrected chi connectivity index (χ0v) is 11.0. The first-order valence-corrected chi connectivity index (χ1v) is 6.06. The van der Waals surface area contributed by atoms with Gasteiger partial charge in [-0.25, -0.2) is 9.79 Å². The number of hydrogen-bond acceptors (Lipinski definition) is 3. The minimum Gasteiger partial charge on any atom is -0.423 e. The smallest absolute Gasteiger partial charge is 0.343 e. The topological polar surface area (TPSA) is 116 Å². The third-order valence-electron chi connectivity index (χ3n) is 2.60. The summed E-state index contributed by atoms with van der Waals surface area (Å²) in [5.41, 5.74) is 12.2. The molecule has 104 valence electrons. The molecular weight excluding hydrogens is 268 g/mol. The average molecular weight is 281 g/mol. The van der Waals surface area contributed by atoms with Crippen molar-refractivity contribution in [1.29, 1.82) is 5.26 Å². The van der Waals surface area contributed by atoms with Crippen LogP contribution in [0.3, 0.4) is 0 Å². The minimum absolute atomic E-state index is 0.0721. The van der Waals surface area contributed by atoms with Crippen molar-refractivity contribution in [3.63, 3.8) is 0 Å². The van der Waals surface area contributed by atoms with Crippen molar-refractivity contribution in [3.8, 4) is 11.8 Å². The van der Waals surface area contributed by atoms with E-state index in [0.717, 1.165) is 0 Å². The van der Waals surface area contributed by atoms with E-state index in [1.54, 1.807) is 48.5 Å². The van der Waals surface area contributed by atoms with Crippen LogP contribution < -0.4 is 21.2 Å². The summed E-state index contributed by atoms with van der Waals surface area (Å²) in [6.07, 6.45) is 0. The Morgan fingerprint density at radius 3 is 2.19 bits per heavy atom. The average Bonchev–Trinajstić information content (AvgIpc) is 2.48. The van der Waals surface area contributed by atoms with Crippen LogP contribution in [0.1, 0.15) is 15.9 Å². The second-order valence-electron chi connectivity index (χ2n) is 4.18. The van der Waals surface area contributed by atoms with Gasteiger partial charge >= 0.3 is 11.9 Å². The molecule has 21 heavy (non-hydrogen) atoms. The number of esters is 1. The molecule has 5 N–H and O–H groups in total. The van der Waals surface area contributed by atoms with Gasteiger partial charge in [-0.2, -0.15) is 5.26 Å². The standard InChI is InChI=1S/C15H12N4O2/c16-9-10-1-7-13(8-2-10)21-14(20)11-3-5-12(6-4-11)19-15(17)18/h1-8H,(H4,17,18,19)/p+1. The van der Waals surface area contributed by atoms with Crippen molar-refractivity contribution in [1.82, 2.24) is 0 Å². The number of carbonyl (C=O) groups excluding carboxylic acids is 1. The Kier molecular flexibility index (Phi) is 4.17. The number of ether oxygens (including phenoxy) is 1. The third kappa shape index (κ3) is 3.81. The molecule has 0 aliphatic heterocycles. The molecule has 2 aromatic carbocycles. The summed E-state index contributed by atoms with van der Waals surface area (Å²) in [4.78, 5) is 14.7. The maximum Gasteiger partial charge on any atom is 0.343 e. The van der Waals surface area contributed by atoms with Gasteiger partial charge in [0.1, 0.15) is 5.75 Å². The van der Waals surface area contributed by atoms with Crippen molar-refractivity contribution in [3.05, 3.63) is 59.7 Å². The van der Waals surface area contributed by atoms with Crippen molar-refractivity contribution >= 4 is 17.6 Å². The number of rotatable bonds is 3. The summed E-state index contributed by atoms with van der Waals surface area (Å²) in [7, 11) is 0. The van der Waals surface area contributed by atoms with Crippen LogP contribution in [0, 0.1) is 11.3 Å². The van der Waals surface area contributed by atoms with Gasteiger partial charge in [-0.1, -0.05) is 0 Å². The maximum atomic E-state index is 11.9. The fourth-order valence-electron chi connectivity index (χ4n) is 1.62. The van der Waals surface area contributed by atoms with E-state index >= 15 is 0 Å². The molecule has 0 bridgehead atoms. The molecule has 6 nitrogen and oxygen atoms in total. The lowest BCUT2D eigenvalue weighted by Crippen LogP contribution is -2.72. The fraction of sp³-hybridized carbons (Fsp3) is 0. The Balaban J connectivity index is 2.09. The largest absolute Gasteiger partial charge is 0.423 e. The molecule has 0 heterocycles. The number of nitrogens with one attached hydrogen (secondary N) is 1. The molecule has 0 fully saturated rings. The molecule has 0 unspecified atom stereocenters. The van der Waals surface area contributed by atoms with Gasteiger partial charge in [0, 0.05) is 0 Å². The van der Waals surface area contributed by atoms with Gasteiger partial charge in [0.15, 0.2) is 0 Å². The van der Waals surface area contributed by atoms with Crippen LogP contribution in [-0.2, 0) is 0 Å². The summed E-state index contributed by atoms with van der Waals surface area (Å²) in [6, 6.07) is 14.8. The van der Waals surface area contributed by atoms with Gasteiger partial charge in [-0.15, -0.1) is 0 Å². The van der Waals surface area contributed by atoms with Crippen LogP contribution in [-0.4, -0.2) is 11.9 Å². The van der Waals surface area contributed by atoms with Crippen LogP contribution in [0.15, 0.2) is 48.5 Å². The lowest BCUT2D eigenvalue weighted by atomic mass is 10.2. The number of nitrogens with two attached hydrogens (primary N) is 2. The van der Waals surface area contributed by atoms with Crippen molar-refractivity contribution in [2.24, 2.45) is 11.5 Å². The van der Waals surface area contributed by atoms with E-state index in [4.69, 9.17) is 21.5 Å². The lowest BCUT2D eigenvalue weighted by molar-refractivity contribution is -0.356. The zero-order valence-electron chi connectivity index (χ0n) is 11.0. The number of benzene rings is 2. The van der Waals surface area contributed by atoms with Crippen molar-refractivity contribution < 1.29 is 14.5 Å². The van der Waals surface area contributed by atoms with E-state index in [2.05, 4.69) is 4.99 Å². The third-order valence-corrected chi connectivity index (χ3v) is 2.60. The molecule has 0 aliphatic carbocycles. The molecule has 0 radical (unpaired) electrons. The predicted molar refractivity (Wildman–Crippen MR) is 76.6 cm³/mol. The number of guanidine groups is 1. The van der Waals surface area contributed by atoms with Crippen molar-refractivity contribution in [2.45, 2.75) is 0 Å². The Morgan fingerprint density at radius 2 is 1.67 bits per heavy atom. The van der Waals surface area contributed by atoms with E-state index < -0.39 is 5.97 Å². The van der Waals surface area contributed by atoms with Gasteiger partial charge in [-0.3, -0.25) is 11.5 Å². The van der Waals surface area contributed by atoms with Gasteiger partial charge in [-0.05, 0) is 48.5 Å². The molecule has 0 atom stereocenters. The zero-order chi connectivity index (χ0) is 15.2. The van der Waals surface area contributed by atoms with Gasteiger partial charge in [0.2, 0.25) is 0 Å². The molecule has 0 aliphatic rings. The fourth-order valence-corrected chi connectivity index (χ4v) is 1.62. The number of carbonyl (C=O) groups is 1. The van der Waals surface area contributed by atoms with Crippen molar-refractivity contribution in [2.75, 3.05) is 0 Å². The van der Waals surface area contributed by atoms with Gasteiger partial charge < -0.3 is 4.74 Å². The number of nitriles is 1. The van der Waals surface area contributed by atoms with Crippen LogP contribution in [0.25, 0.3) is 0 Å². The summed E-state index contributed by atoms with van der Waals surface area (Å²) in [5, 5.41) is 8.69. The van der Waals surface area contributed by atoms with E-state index in [1.807, 2.05) is 6.07 Å². The highest BCUT2D eigenvalue weighted by Crippen LogP contribution is 2.14. The SMILES string of the molecule is N#Cc1ccc(OC(=O)c2ccc([NH+]=C(N)N)cc2)cc1. The number of nitrogens with zero attached hydrogens (tertiary/aromatic N) is 1. The first-order chi connectivity index (χ1) is 10.1. The maximum absolute atomic E-state index is 11.9. The Morgan fingerprint density at radius 1 is 1.05 bits per heavy atom. The summed E-state index contributed by atoms with van der Waals surface area (Å²) < 4.78 is 5.20. The lowest BCUT2D eigenvalue weighted by Gasteiger charge is -2.04. The quantitative estimate of drug-likeness (QED) is 0.311. The van der Waals surface area contributed by atoms with Crippen LogP contribution in [0.2, 0.25) is 0 Å². The van der Waals surface area contributed by atoms with Crippen LogP contribution in [0.4, 0.5) is 5.69 Å². The summed E-state index contributed by atoms with van der Waals surface area (Å²) >= 11 is 0. The summed E-state index contributed by atoms with van der Waals surface area (Å²) in [5.74, 6) is -0.0420. The first-order valence-electron chi connectivity index (χ1n) is 6.06. The summed E-state index contributed by atoms with van der Waals surface area (Å²) in [6.45, 7) is 0. The monoisotopic (exact) mass is 281 g/mol. The highest BCUT2D eigenvalue weighted by molar-refractivity contribution is 5.91. The molecule has 0 spiro atoms. The van der Waals surface area contributed by atoms with Gasteiger partial charge in [0.25, 0.3) is 0 Å². The number of hydrogen-bond donors (Lipinski definition) is 3. The predicted octanol–water partition coefficient (Wildman–Crippen LogP) is -0.237. The molecule has 2 aromatic rings. The Labute approximate surface area is 121 Å². The highest BCUT2D eigenvalue weighted by Gasteiger charge is 2.08. The van der Waals surface area contributed by atoms with Crippen LogP contribution >= 0.6 is 0 Å². The first kappa shape index (κ1) is 14.1. The second kappa shape index (κ2) is 6.21. The minimum atomic E-state index is -0.490. The Bertz CT molecular complexity index is 709. The Hall–Kier alpha value is -3.33. The van der Waals surface area contributed by atoms with E-state index in [9.17, 15) is 4.79 Å². The van der Waals surface area contributed by atoms with Gasteiger partial charge in [0.05, 0.1) is 22.9 Å².